The lowest BCUT2D eigenvalue weighted by Gasteiger charge is -2.29. The average molecular weight is 439 g/mol. The number of carbonyl (C=O) groups excluding carboxylic acids is 2. The van der Waals surface area contributed by atoms with Gasteiger partial charge in [0, 0.05) is 41.3 Å². The minimum atomic E-state index is -0.976. The average Bonchev–Trinajstić information content (AvgIpc) is 3.04. The summed E-state index contributed by atoms with van der Waals surface area (Å²) in [4.78, 5) is 35.9. The van der Waals surface area contributed by atoms with Crippen molar-refractivity contribution in [1.82, 2.24) is 5.32 Å². The molecular formula is C25H28NO6-. The predicted octanol–water partition coefficient (Wildman–Crippen LogP) is 3.07. The van der Waals surface area contributed by atoms with Crippen molar-refractivity contribution in [2.24, 2.45) is 11.8 Å². The van der Waals surface area contributed by atoms with Crippen LogP contribution in [0.4, 0.5) is 0 Å². The minimum absolute atomic E-state index is 0.123. The van der Waals surface area contributed by atoms with Gasteiger partial charge in [-0.25, -0.2) is 4.79 Å². The fourth-order valence-corrected chi connectivity index (χ4v) is 4.70. The molecule has 0 spiro atoms. The molecule has 1 N–H and O–H groups in total. The van der Waals surface area contributed by atoms with E-state index in [1.165, 1.54) is 0 Å². The summed E-state index contributed by atoms with van der Waals surface area (Å²) in [5, 5.41) is 15.7. The topological polar surface area (TPSA) is 113 Å². The molecule has 1 aliphatic rings. The third-order valence-electron chi connectivity index (χ3n) is 6.95. The second kappa shape index (κ2) is 8.81. The summed E-state index contributed by atoms with van der Waals surface area (Å²) in [6.45, 7) is 6.32. The van der Waals surface area contributed by atoms with Gasteiger partial charge in [-0.15, -0.1) is 0 Å². The number of furan rings is 1. The summed E-state index contributed by atoms with van der Waals surface area (Å²) in [6, 6.07) is 3.74. The smallest absolute Gasteiger partial charge is 0.339 e. The highest BCUT2D eigenvalue weighted by Gasteiger charge is 2.22. The quantitative estimate of drug-likeness (QED) is 0.592. The Bertz CT molecular complexity index is 1240. The van der Waals surface area contributed by atoms with E-state index in [-0.39, 0.29) is 24.2 Å². The maximum Gasteiger partial charge on any atom is 0.339 e. The zero-order valence-corrected chi connectivity index (χ0v) is 18.7. The van der Waals surface area contributed by atoms with Gasteiger partial charge in [0.2, 0.25) is 5.91 Å². The lowest BCUT2D eigenvalue weighted by molar-refractivity contribution is -0.312. The van der Waals surface area contributed by atoms with Crippen LogP contribution in [0.5, 0.6) is 0 Å². The van der Waals surface area contributed by atoms with E-state index in [1.807, 2.05) is 26.8 Å². The molecule has 4 rings (SSSR count). The van der Waals surface area contributed by atoms with E-state index >= 15 is 0 Å². The standard InChI is InChI=1S/C25H29NO6/c1-13-15(3)31-21-11-22-20(10-19(13)21)14(2)18(25(30)32-22)8-9-23(27)26-12-16-4-6-17(7-5-16)24(28)29/h10-11,16-17H,4-9,12H2,1-3H3,(H,26,27)(H,28,29)/p-1. The molecule has 1 aliphatic carbocycles. The van der Waals surface area contributed by atoms with Gasteiger partial charge in [-0.1, -0.05) is 0 Å². The molecule has 7 nitrogen and oxygen atoms in total. The van der Waals surface area contributed by atoms with Crippen molar-refractivity contribution in [3.05, 3.63) is 45.0 Å². The highest BCUT2D eigenvalue weighted by atomic mass is 16.4. The molecule has 0 atom stereocenters. The molecule has 0 unspecified atom stereocenters. The van der Waals surface area contributed by atoms with Crippen molar-refractivity contribution < 1.29 is 23.5 Å². The van der Waals surface area contributed by atoms with Crippen molar-refractivity contribution in [3.8, 4) is 0 Å². The zero-order valence-electron chi connectivity index (χ0n) is 18.7. The van der Waals surface area contributed by atoms with Crippen LogP contribution in [0.15, 0.2) is 25.8 Å². The second-order valence-corrected chi connectivity index (χ2v) is 8.96. The number of amides is 1. The third kappa shape index (κ3) is 4.29. The maximum absolute atomic E-state index is 12.6. The molecule has 2 heterocycles. The van der Waals surface area contributed by atoms with Crippen molar-refractivity contribution in [1.29, 1.82) is 0 Å². The summed E-state index contributed by atoms with van der Waals surface area (Å²) in [5.74, 6) is -0.349. The Hall–Kier alpha value is -3.09. The Morgan fingerprint density at radius 2 is 1.66 bits per heavy atom. The molecule has 32 heavy (non-hydrogen) atoms. The molecular weight excluding hydrogens is 410 g/mol. The summed E-state index contributed by atoms with van der Waals surface area (Å²) < 4.78 is 11.3. The first kappa shape index (κ1) is 22.1. The van der Waals surface area contributed by atoms with Crippen LogP contribution in [0.3, 0.4) is 0 Å². The number of rotatable bonds is 6. The number of carboxylic acid groups (broad SMARTS) is 1. The van der Waals surface area contributed by atoms with Crippen LogP contribution >= 0.6 is 0 Å². The van der Waals surface area contributed by atoms with Crippen LogP contribution in [0, 0.1) is 32.6 Å². The number of nitrogens with one attached hydrogen (secondary N) is 1. The molecule has 0 aliphatic heterocycles. The number of benzene rings is 1. The van der Waals surface area contributed by atoms with Gasteiger partial charge in [-0.05, 0) is 81.9 Å². The van der Waals surface area contributed by atoms with Crippen LogP contribution in [-0.2, 0) is 16.0 Å². The summed E-state index contributed by atoms with van der Waals surface area (Å²) in [5.41, 5.74) is 3.14. The van der Waals surface area contributed by atoms with Gasteiger partial charge < -0.3 is 24.1 Å². The van der Waals surface area contributed by atoms with Crippen molar-refractivity contribution in [2.75, 3.05) is 6.54 Å². The fraction of sp³-hybridized carbons (Fsp3) is 0.480. The molecule has 0 bridgehead atoms. The van der Waals surface area contributed by atoms with Gasteiger partial charge in [0.05, 0.1) is 0 Å². The van der Waals surface area contributed by atoms with E-state index in [0.29, 0.717) is 42.5 Å². The number of aryl methyl sites for hydroxylation is 3. The minimum Gasteiger partial charge on any atom is -0.550 e. The Labute approximate surface area is 185 Å². The molecule has 1 aromatic carbocycles. The van der Waals surface area contributed by atoms with E-state index in [1.54, 1.807) is 6.07 Å². The number of fused-ring (bicyclic) bond motifs is 2. The van der Waals surface area contributed by atoms with Crippen LogP contribution in [0.2, 0.25) is 0 Å². The second-order valence-electron chi connectivity index (χ2n) is 8.96. The molecule has 7 heteroatoms. The molecule has 170 valence electrons. The van der Waals surface area contributed by atoms with Crippen LogP contribution in [0.25, 0.3) is 21.9 Å². The number of carbonyl (C=O) groups is 2. The molecule has 1 fully saturated rings. The summed E-state index contributed by atoms with van der Waals surface area (Å²) in [6.07, 6.45) is 3.24. The molecule has 3 aromatic rings. The van der Waals surface area contributed by atoms with E-state index in [9.17, 15) is 19.5 Å². The highest BCUT2D eigenvalue weighted by Crippen LogP contribution is 2.31. The van der Waals surface area contributed by atoms with Gasteiger partial charge in [0.15, 0.2) is 0 Å². The Kier molecular flexibility index (Phi) is 6.09. The first-order valence-corrected chi connectivity index (χ1v) is 11.2. The van der Waals surface area contributed by atoms with Crippen molar-refractivity contribution in [3.63, 3.8) is 0 Å². The Morgan fingerprint density at radius 3 is 2.34 bits per heavy atom. The monoisotopic (exact) mass is 438 g/mol. The summed E-state index contributed by atoms with van der Waals surface area (Å²) in [7, 11) is 0. The summed E-state index contributed by atoms with van der Waals surface area (Å²) >= 11 is 0. The van der Waals surface area contributed by atoms with Gasteiger partial charge in [-0.3, -0.25) is 4.79 Å². The van der Waals surface area contributed by atoms with Crippen LogP contribution in [0.1, 0.15) is 54.6 Å². The van der Waals surface area contributed by atoms with Gasteiger partial charge >= 0.3 is 5.63 Å². The molecule has 0 saturated heterocycles. The van der Waals surface area contributed by atoms with Crippen molar-refractivity contribution >= 4 is 33.8 Å². The van der Waals surface area contributed by atoms with E-state index in [2.05, 4.69) is 5.32 Å². The van der Waals surface area contributed by atoms with E-state index in [0.717, 1.165) is 40.5 Å². The van der Waals surface area contributed by atoms with Gasteiger partial charge in [0.25, 0.3) is 0 Å². The number of carboxylic acids is 1. The molecule has 1 saturated carbocycles. The fourth-order valence-electron chi connectivity index (χ4n) is 4.70. The lowest BCUT2D eigenvalue weighted by atomic mass is 9.82. The highest BCUT2D eigenvalue weighted by molar-refractivity contribution is 5.96. The normalized spacial score (nSPS) is 18.8. The van der Waals surface area contributed by atoms with Crippen molar-refractivity contribution in [2.45, 2.75) is 59.3 Å². The van der Waals surface area contributed by atoms with E-state index < -0.39 is 11.6 Å². The van der Waals surface area contributed by atoms with E-state index in [4.69, 9.17) is 8.83 Å². The predicted molar refractivity (Wildman–Crippen MR) is 118 cm³/mol. The molecule has 2 aromatic heterocycles. The maximum atomic E-state index is 12.6. The van der Waals surface area contributed by atoms with Crippen LogP contribution < -0.4 is 16.0 Å². The SMILES string of the molecule is Cc1oc2cc3oc(=O)c(CCC(=O)NCC4CCC(C(=O)[O-])CC4)c(C)c3cc2c1C. The largest absolute Gasteiger partial charge is 0.550 e. The first-order chi connectivity index (χ1) is 15.2. The number of hydrogen-bond donors (Lipinski definition) is 1. The Balaban J connectivity index is 1.42. The first-order valence-electron chi connectivity index (χ1n) is 11.2. The Morgan fingerprint density at radius 1 is 1.00 bits per heavy atom. The molecule has 0 radical (unpaired) electrons. The lowest BCUT2D eigenvalue weighted by Crippen LogP contribution is -2.36. The number of aliphatic carboxylic acids is 1. The van der Waals surface area contributed by atoms with Crippen LogP contribution in [-0.4, -0.2) is 18.4 Å². The van der Waals surface area contributed by atoms with Gasteiger partial charge in [-0.2, -0.15) is 0 Å². The van der Waals surface area contributed by atoms with Gasteiger partial charge in [0.1, 0.15) is 16.9 Å². The third-order valence-corrected chi connectivity index (χ3v) is 6.95. The zero-order chi connectivity index (χ0) is 23.0. The number of hydrogen-bond acceptors (Lipinski definition) is 6. The molecule has 1 amide bonds.